The summed E-state index contributed by atoms with van der Waals surface area (Å²) in [4.78, 5) is 0. The van der Waals surface area contributed by atoms with Gasteiger partial charge in [0.2, 0.25) is 0 Å². The summed E-state index contributed by atoms with van der Waals surface area (Å²) in [5, 5.41) is 13.3. The lowest BCUT2D eigenvalue weighted by atomic mass is 10.00. The molecule has 1 rings (SSSR count). The minimum Gasteiger partial charge on any atom is -0.507 e. The Labute approximate surface area is 111 Å². The van der Waals surface area contributed by atoms with Gasteiger partial charge in [0.1, 0.15) is 5.75 Å². The third-order valence-corrected chi connectivity index (χ3v) is 3.66. The molecule has 18 heavy (non-hydrogen) atoms. The molecule has 0 aliphatic rings. The predicted molar refractivity (Wildman–Crippen MR) is 78.0 cm³/mol. The molecule has 0 amide bonds. The molecular formula is C16H27NO. The Morgan fingerprint density at radius 1 is 1.17 bits per heavy atom. The van der Waals surface area contributed by atoms with Crippen molar-refractivity contribution >= 4 is 0 Å². The number of aryl methyl sites for hydroxylation is 2. The number of nitrogens with one attached hydrogen (secondary N) is 1. The first-order valence-electron chi connectivity index (χ1n) is 6.96. The molecule has 2 nitrogen and oxygen atoms in total. The molecule has 0 aromatic heterocycles. The van der Waals surface area contributed by atoms with E-state index in [1.165, 1.54) is 18.4 Å². The van der Waals surface area contributed by atoms with Crippen LogP contribution >= 0.6 is 0 Å². The number of hydrogen-bond acceptors (Lipinski definition) is 2. The van der Waals surface area contributed by atoms with Crippen LogP contribution in [0.4, 0.5) is 0 Å². The maximum atomic E-state index is 9.74. The van der Waals surface area contributed by atoms with Crippen LogP contribution in [0.5, 0.6) is 5.75 Å². The maximum absolute atomic E-state index is 9.74. The van der Waals surface area contributed by atoms with Gasteiger partial charge < -0.3 is 10.4 Å². The van der Waals surface area contributed by atoms with Gasteiger partial charge in [-0.25, -0.2) is 0 Å². The van der Waals surface area contributed by atoms with Crippen LogP contribution in [-0.4, -0.2) is 11.1 Å². The molecule has 0 fully saturated rings. The summed E-state index contributed by atoms with van der Waals surface area (Å²) in [6.45, 7) is 11.6. The van der Waals surface area contributed by atoms with E-state index in [2.05, 4.69) is 38.2 Å². The van der Waals surface area contributed by atoms with Crippen LogP contribution in [0.25, 0.3) is 0 Å². The minimum atomic E-state index is 0.423. The quantitative estimate of drug-likeness (QED) is 0.801. The van der Waals surface area contributed by atoms with Crippen molar-refractivity contribution in [2.75, 3.05) is 0 Å². The lowest BCUT2D eigenvalue weighted by Gasteiger charge is -2.18. The van der Waals surface area contributed by atoms with Gasteiger partial charge in [0.15, 0.2) is 0 Å². The van der Waals surface area contributed by atoms with Gasteiger partial charge in [-0.2, -0.15) is 0 Å². The van der Waals surface area contributed by atoms with Gasteiger partial charge in [-0.05, 0) is 49.8 Å². The number of benzene rings is 1. The molecule has 0 aliphatic heterocycles. The summed E-state index contributed by atoms with van der Waals surface area (Å²) < 4.78 is 0. The van der Waals surface area contributed by atoms with E-state index in [9.17, 15) is 5.11 Å². The molecule has 2 atom stereocenters. The number of phenolic OH excluding ortho intramolecular Hbond substituents is 1. The molecule has 0 aliphatic carbocycles. The van der Waals surface area contributed by atoms with Gasteiger partial charge in [-0.1, -0.05) is 32.4 Å². The van der Waals surface area contributed by atoms with Crippen molar-refractivity contribution in [3.63, 3.8) is 0 Å². The maximum Gasteiger partial charge on any atom is 0.121 e. The zero-order valence-electron chi connectivity index (χ0n) is 12.4. The second-order valence-corrected chi connectivity index (χ2v) is 5.61. The van der Waals surface area contributed by atoms with E-state index in [4.69, 9.17) is 0 Å². The molecular weight excluding hydrogens is 222 g/mol. The fraction of sp³-hybridized carbons (Fsp3) is 0.625. The third-order valence-electron chi connectivity index (χ3n) is 3.66. The Morgan fingerprint density at radius 2 is 1.72 bits per heavy atom. The first kappa shape index (κ1) is 15.0. The highest BCUT2D eigenvalue weighted by atomic mass is 16.3. The molecule has 0 saturated carbocycles. The first-order chi connectivity index (χ1) is 8.43. The van der Waals surface area contributed by atoms with Crippen LogP contribution in [0.2, 0.25) is 0 Å². The molecule has 0 saturated heterocycles. The lowest BCUT2D eigenvalue weighted by Crippen LogP contribution is -2.27. The number of phenols is 1. The van der Waals surface area contributed by atoms with Crippen LogP contribution in [0.15, 0.2) is 12.1 Å². The minimum absolute atomic E-state index is 0.423. The van der Waals surface area contributed by atoms with Gasteiger partial charge in [-0.3, -0.25) is 0 Å². The Morgan fingerprint density at radius 3 is 2.22 bits per heavy atom. The molecule has 2 heteroatoms. The van der Waals surface area contributed by atoms with Gasteiger partial charge in [0, 0.05) is 12.6 Å². The van der Waals surface area contributed by atoms with Crippen molar-refractivity contribution in [1.82, 2.24) is 5.32 Å². The van der Waals surface area contributed by atoms with Crippen molar-refractivity contribution < 1.29 is 5.11 Å². The van der Waals surface area contributed by atoms with E-state index in [1.54, 1.807) is 0 Å². The van der Waals surface area contributed by atoms with Gasteiger partial charge in [0.25, 0.3) is 0 Å². The van der Waals surface area contributed by atoms with Crippen molar-refractivity contribution in [1.29, 1.82) is 0 Å². The highest BCUT2D eigenvalue weighted by molar-refractivity contribution is 5.42. The zero-order chi connectivity index (χ0) is 13.7. The van der Waals surface area contributed by atoms with Gasteiger partial charge in [-0.15, -0.1) is 0 Å². The molecule has 1 aromatic carbocycles. The Hall–Kier alpha value is -1.02. The van der Waals surface area contributed by atoms with Crippen LogP contribution in [0, 0.1) is 19.8 Å². The summed E-state index contributed by atoms with van der Waals surface area (Å²) in [7, 11) is 0. The molecule has 2 N–H and O–H groups in total. The van der Waals surface area contributed by atoms with E-state index < -0.39 is 0 Å². The van der Waals surface area contributed by atoms with Crippen LogP contribution in [0.3, 0.4) is 0 Å². The Balaban J connectivity index is 2.53. The van der Waals surface area contributed by atoms with E-state index in [-0.39, 0.29) is 0 Å². The van der Waals surface area contributed by atoms with Gasteiger partial charge >= 0.3 is 0 Å². The summed E-state index contributed by atoms with van der Waals surface area (Å²) >= 11 is 0. The largest absolute Gasteiger partial charge is 0.507 e. The van der Waals surface area contributed by atoms with Crippen LogP contribution in [-0.2, 0) is 6.54 Å². The third kappa shape index (κ3) is 4.34. The zero-order valence-corrected chi connectivity index (χ0v) is 12.4. The number of rotatable bonds is 6. The summed E-state index contributed by atoms with van der Waals surface area (Å²) in [6.07, 6.45) is 2.45. The lowest BCUT2D eigenvalue weighted by molar-refractivity contribution is 0.411. The molecule has 102 valence electrons. The van der Waals surface area contributed by atoms with Crippen molar-refractivity contribution in [3.8, 4) is 5.75 Å². The standard InChI is InChI=1S/C16H27NO/c1-6-11(2)7-14(5)17-10-15-8-12(3)16(18)13(4)9-15/h8-9,11,14,17-18H,6-7,10H2,1-5H3. The van der Waals surface area contributed by atoms with E-state index in [0.717, 1.165) is 23.6 Å². The Kier molecular flexibility index (Phi) is 5.67. The second-order valence-electron chi connectivity index (χ2n) is 5.61. The highest BCUT2D eigenvalue weighted by Gasteiger charge is 2.08. The first-order valence-corrected chi connectivity index (χ1v) is 6.96. The van der Waals surface area contributed by atoms with Crippen molar-refractivity contribution in [3.05, 3.63) is 28.8 Å². The topological polar surface area (TPSA) is 32.3 Å². The monoisotopic (exact) mass is 249 g/mol. The molecule has 0 heterocycles. The molecule has 0 radical (unpaired) electrons. The van der Waals surface area contributed by atoms with E-state index in [0.29, 0.717) is 11.8 Å². The smallest absolute Gasteiger partial charge is 0.121 e. The van der Waals surface area contributed by atoms with E-state index in [1.807, 2.05) is 13.8 Å². The SMILES string of the molecule is CCC(C)CC(C)NCc1cc(C)c(O)c(C)c1. The summed E-state index contributed by atoms with van der Waals surface area (Å²) in [5.74, 6) is 1.20. The normalized spacial score (nSPS) is 14.5. The molecule has 1 aromatic rings. The van der Waals surface area contributed by atoms with Crippen LogP contribution < -0.4 is 5.32 Å². The Bertz CT molecular complexity index is 364. The van der Waals surface area contributed by atoms with E-state index >= 15 is 0 Å². The predicted octanol–water partition coefficient (Wildman–Crippen LogP) is 3.92. The highest BCUT2D eigenvalue weighted by Crippen LogP contribution is 2.23. The summed E-state index contributed by atoms with van der Waals surface area (Å²) in [5.41, 5.74) is 3.17. The molecule has 2 unspecified atom stereocenters. The number of hydrogen-bond donors (Lipinski definition) is 2. The fourth-order valence-corrected chi connectivity index (χ4v) is 2.29. The van der Waals surface area contributed by atoms with Gasteiger partial charge in [0.05, 0.1) is 0 Å². The summed E-state index contributed by atoms with van der Waals surface area (Å²) in [6, 6.07) is 4.66. The average Bonchev–Trinajstić information content (AvgIpc) is 2.33. The van der Waals surface area contributed by atoms with Crippen molar-refractivity contribution in [2.24, 2.45) is 5.92 Å². The fourth-order valence-electron chi connectivity index (χ4n) is 2.29. The number of aromatic hydroxyl groups is 1. The average molecular weight is 249 g/mol. The van der Waals surface area contributed by atoms with Crippen LogP contribution in [0.1, 0.15) is 50.3 Å². The second kappa shape index (κ2) is 6.79. The van der Waals surface area contributed by atoms with Crippen molar-refractivity contribution in [2.45, 2.75) is 60.0 Å². The molecule has 0 bridgehead atoms. The molecule has 0 spiro atoms.